The number of nitrogens with zero attached hydrogens (tertiary/aromatic N) is 2. The predicted molar refractivity (Wildman–Crippen MR) is 145 cm³/mol. The van der Waals surface area contributed by atoms with Crippen molar-refractivity contribution in [1.29, 1.82) is 0 Å². The molecule has 0 fully saturated rings. The molecule has 2 aromatic carbocycles. The van der Waals surface area contributed by atoms with Gasteiger partial charge in [0, 0.05) is 4.90 Å². The van der Waals surface area contributed by atoms with Crippen LogP contribution in [0.3, 0.4) is 0 Å². The van der Waals surface area contributed by atoms with Crippen molar-refractivity contribution in [2.45, 2.75) is 37.8 Å². The Hall–Kier alpha value is -3.36. The van der Waals surface area contributed by atoms with E-state index in [0.29, 0.717) is 27.2 Å². The van der Waals surface area contributed by atoms with Gasteiger partial charge in [-0.15, -0.1) is 11.8 Å². The molecule has 0 radical (unpaired) electrons. The molecule has 0 unspecified atom stereocenters. The third kappa shape index (κ3) is 5.39. The Morgan fingerprint density at radius 3 is 2.50 bits per heavy atom. The number of carbonyl (C=O) groups is 1. The maximum absolute atomic E-state index is 13.7. The molecule has 1 aliphatic heterocycles. The SMILES string of the molecule is C=CCOc1ccc(/C=c2\sc3n(c2=O)[C@@H](c2ccc(SC)cc2)C(C(=O)OC(C)C)=C(C)N=3)cc1. The van der Waals surface area contributed by atoms with E-state index in [2.05, 4.69) is 11.6 Å². The number of ether oxygens (including phenoxy) is 2. The fraction of sp³-hybridized carbons (Fsp3) is 0.250. The highest BCUT2D eigenvalue weighted by atomic mass is 32.2. The highest BCUT2D eigenvalue weighted by molar-refractivity contribution is 7.98. The minimum Gasteiger partial charge on any atom is -0.490 e. The van der Waals surface area contributed by atoms with Gasteiger partial charge in [0.1, 0.15) is 12.4 Å². The highest BCUT2D eigenvalue weighted by Crippen LogP contribution is 2.32. The molecule has 186 valence electrons. The van der Waals surface area contributed by atoms with Crippen LogP contribution in [-0.2, 0) is 9.53 Å². The number of aromatic nitrogens is 1. The Kier molecular flexibility index (Phi) is 7.96. The summed E-state index contributed by atoms with van der Waals surface area (Å²) in [7, 11) is 0. The number of thiazole rings is 1. The molecule has 8 heteroatoms. The maximum Gasteiger partial charge on any atom is 0.338 e. The third-order valence-corrected chi connectivity index (χ3v) is 7.29. The van der Waals surface area contributed by atoms with Gasteiger partial charge in [-0.25, -0.2) is 9.79 Å². The van der Waals surface area contributed by atoms with Crippen molar-refractivity contribution in [2.75, 3.05) is 12.9 Å². The molecule has 1 aromatic heterocycles. The molecule has 2 heterocycles. The number of esters is 1. The molecule has 3 aromatic rings. The summed E-state index contributed by atoms with van der Waals surface area (Å²) in [6.45, 7) is 9.48. The summed E-state index contributed by atoms with van der Waals surface area (Å²) in [4.78, 5) is 33.2. The van der Waals surface area contributed by atoms with Crippen molar-refractivity contribution in [3.05, 3.63) is 103 Å². The summed E-state index contributed by atoms with van der Waals surface area (Å²) in [5.41, 5.74) is 2.42. The molecule has 0 amide bonds. The number of allylic oxidation sites excluding steroid dienone is 1. The number of fused-ring (bicyclic) bond motifs is 1. The zero-order chi connectivity index (χ0) is 25.8. The first-order chi connectivity index (χ1) is 17.3. The quantitative estimate of drug-likeness (QED) is 0.249. The van der Waals surface area contributed by atoms with Gasteiger partial charge >= 0.3 is 5.97 Å². The Labute approximate surface area is 218 Å². The Bertz CT molecular complexity index is 1480. The molecule has 0 spiro atoms. The van der Waals surface area contributed by atoms with Crippen molar-refractivity contribution >= 4 is 35.1 Å². The molecule has 6 nitrogen and oxygen atoms in total. The van der Waals surface area contributed by atoms with Gasteiger partial charge in [-0.1, -0.05) is 48.3 Å². The standard InChI is InChI=1S/C28H28N2O4S2/c1-6-15-33-21-11-7-19(8-12-21)16-23-26(31)30-25(20-9-13-22(35-5)14-10-20)24(27(32)34-17(2)3)18(4)29-28(30)36-23/h6-14,16-17,25H,1,15H2,2-5H3/b23-16-/t25-/m0/s1. The predicted octanol–water partition coefficient (Wildman–Crippen LogP) is 4.47. The first-order valence-electron chi connectivity index (χ1n) is 11.5. The number of hydrogen-bond acceptors (Lipinski definition) is 7. The summed E-state index contributed by atoms with van der Waals surface area (Å²) < 4.78 is 13.2. The molecule has 4 rings (SSSR count). The Morgan fingerprint density at radius 1 is 1.19 bits per heavy atom. The van der Waals surface area contributed by atoms with Gasteiger partial charge in [-0.3, -0.25) is 9.36 Å². The molecule has 0 bridgehead atoms. The minimum atomic E-state index is -0.625. The second kappa shape index (κ2) is 11.1. The van der Waals surface area contributed by atoms with Crippen LogP contribution in [0.1, 0.15) is 37.9 Å². The maximum atomic E-state index is 13.7. The molecular weight excluding hydrogens is 492 g/mol. The molecule has 0 saturated heterocycles. The summed E-state index contributed by atoms with van der Waals surface area (Å²) in [5.74, 6) is 0.265. The Balaban J connectivity index is 1.84. The lowest BCUT2D eigenvalue weighted by molar-refractivity contribution is -0.143. The van der Waals surface area contributed by atoms with E-state index in [1.807, 2.05) is 60.9 Å². The molecule has 1 atom stereocenters. The number of hydrogen-bond donors (Lipinski definition) is 0. The molecule has 36 heavy (non-hydrogen) atoms. The molecule has 0 N–H and O–H groups in total. The summed E-state index contributed by atoms with van der Waals surface area (Å²) in [6.07, 6.45) is 5.24. The highest BCUT2D eigenvalue weighted by Gasteiger charge is 2.33. The van der Waals surface area contributed by atoms with E-state index in [9.17, 15) is 9.59 Å². The average molecular weight is 521 g/mol. The molecule has 1 aliphatic rings. The van der Waals surface area contributed by atoms with Crippen molar-refractivity contribution in [2.24, 2.45) is 4.99 Å². The molecule has 0 aliphatic carbocycles. The smallest absolute Gasteiger partial charge is 0.338 e. The fourth-order valence-corrected chi connectivity index (χ4v) is 5.38. The van der Waals surface area contributed by atoms with Crippen LogP contribution in [0.15, 0.2) is 87.1 Å². The van der Waals surface area contributed by atoms with E-state index in [4.69, 9.17) is 9.47 Å². The number of carbonyl (C=O) groups excluding carboxylic acids is 1. The van der Waals surface area contributed by atoms with Crippen LogP contribution in [0.4, 0.5) is 0 Å². The summed E-state index contributed by atoms with van der Waals surface area (Å²) in [5, 5.41) is 0. The second-order valence-electron chi connectivity index (χ2n) is 8.48. The zero-order valence-electron chi connectivity index (χ0n) is 20.7. The van der Waals surface area contributed by atoms with E-state index >= 15 is 0 Å². The van der Waals surface area contributed by atoms with E-state index in [0.717, 1.165) is 21.8 Å². The van der Waals surface area contributed by atoms with Crippen molar-refractivity contribution in [3.63, 3.8) is 0 Å². The van der Waals surface area contributed by atoms with Gasteiger partial charge in [0.15, 0.2) is 4.80 Å². The van der Waals surface area contributed by atoms with Crippen molar-refractivity contribution in [3.8, 4) is 5.75 Å². The van der Waals surface area contributed by atoms with Gasteiger partial charge in [0.2, 0.25) is 0 Å². The Morgan fingerprint density at radius 2 is 1.89 bits per heavy atom. The first-order valence-corrected chi connectivity index (χ1v) is 13.6. The summed E-state index contributed by atoms with van der Waals surface area (Å²) >= 11 is 2.94. The van der Waals surface area contributed by atoms with Gasteiger partial charge in [-0.2, -0.15) is 0 Å². The number of rotatable bonds is 8. The van der Waals surface area contributed by atoms with Gasteiger partial charge < -0.3 is 9.47 Å². The van der Waals surface area contributed by atoms with Crippen LogP contribution in [0.5, 0.6) is 5.75 Å². The van der Waals surface area contributed by atoms with Crippen LogP contribution in [0, 0.1) is 0 Å². The second-order valence-corrected chi connectivity index (χ2v) is 10.4. The average Bonchev–Trinajstić information content (AvgIpc) is 3.16. The lowest BCUT2D eigenvalue weighted by Crippen LogP contribution is -2.40. The van der Waals surface area contributed by atoms with E-state index in [1.54, 1.807) is 43.2 Å². The fourth-order valence-electron chi connectivity index (χ4n) is 3.93. The minimum absolute atomic E-state index is 0.202. The summed E-state index contributed by atoms with van der Waals surface area (Å²) in [6, 6.07) is 14.8. The van der Waals surface area contributed by atoms with Crippen LogP contribution in [0.25, 0.3) is 6.08 Å². The van der Waals surface area contributed by atoms with Gasteiger partial charge in [0.05, 0.1) is 27.9 Å². The lowest BCUT2D eigenvalue weighted by Gasteiger charge is -2.25. The van der Waals surface area contributed by atoms with Crippen LogP contribution in [0.2, 0.25) is 0 Å². The van der Waals surface area contributed by atoms with Crippen molar-refractivity contribution < 1.29 is 14.3 Å². The number of benzene rings is 2. The molecule has 0 saturated carbocycles. The largest absolute Gasteiger partial charge is 0.490 e. The topological polar surface area (TPSA) is 69.9 Å². The van der Waals surface area contributed by atoms with Gasteiger partial charge in [-0.05, 0) is 68.5 Å². The third-order valence-electron chi connectivity index (χ3n) is 5.56. The molecular formula is C28H28N2O4S2. The lowest BCUT2D eigenvalue weighted by atomic mass is 9.96. The van der Waals surface area contributed by atoms with Crippen LogP contribution in [-0.4, -0.2) is 29.5 Å². The van der Waals surface area contributed by atoms with Crippen LogP contribution < -0.4 is 19.6 Å². The van der Waals surface area contributed by atoms with Gasteiger partial charge in [0.25, 0.3) is 5.56 Å². The first kappa shape index (κ1) is 25.7. The van der Waals surface area contributed by atoms with Crippen molar-refractivity contribution in [1.82, 2.24) is 4.57 Å². The van der Waals surface area contributed by atoms with E-state index < -0.39 is 12.0 Å². The zero-order valence-corrected chi connectivity index (χ0v) is 22.3. The van der Waals surface area contributed by atoms with E-state index in [1.165, 1.54) is 11.3 Å². The normalized spacial score (nSPS) is 15.5. The van der Waals surface area contributed by atoms with Crippen LogP contribution >= 0.6 is 23.1 Å². The number of thioether (sulfide) groups is 1. The monoisotopic (exact) mass is 520 g/mol. The van der Waals surface area contributed by atoms with E-state index in [-0.39, 0.29) is 11.7 Å².